The van der Waals surface area contributed by atoms with E-state index in [0.717, 1.165) is 18.6 Å². The lowest BCUT2D eigenvalue weighted by Gasteiger charge is -2.21. The van der Waals surface area contributed by atoms with E-state index in [1.165, 1.54) is 6.07 Å². The van der Waals surface area contributed by atoms with Crippen molar-refractivity contribution in [2.24, 2.45) is 5.92 Å². The van der Waals surface area contributed by atoms with Crippen LogP contribution in [0.5, 0.6) is 5.75 Å². The van der Waals surface area contributed by atoms with Crippen LogP contribution < -0.4 is 10.1 Å². The molecule has 1 aromatic carbocycles. The zero-order chi connectivity index (χ0) is 15.8. The third-order valence-electron chi connectivity index (χ3n) is 3.17. The van der Waals surface area contributed by atoms with E-state index >= 15 is 0 Å². The van der Waals surface area contributed by atoms with E-state index in [-0.39, 0.29) is 18.4 Å². The molecule has 0 bridgehead atoms. The van der Waals surface area contributed by atoms with E-state index in [1.54, 1.807) is 11.9 Å². The van der Waals surface area contributed by atoms with Crippen LogP contribution in [0.3, 0.4) is 0 Å². The van der Waals surface area contributed by atoms with Gasteiger partial charge in [0.05, 0.1) is 6.54 Å². The summed E-state index contributed by atoms with van der Waals surface area (Å²) in [5.74, 6) is -1.19. The molecule has 0 spiro atoms. The molecular weight excluding hydrogens is 278 g/mol. The van der Waals surface area contributed by atoms with Crippen LogP contribution in [0.25, 0.3) is 0 Å². The number of amides is 2. The molecule has 6 heteroatoms. The molecule has 4 nitrogen and oxygen atoms in total. The molecule has 0 aliphatic rings. The van der Waals surface area contributed by atoms with E-state index in [2.05, 4.69) is 19.2 Å². The maximum atomic E-state index is 12.9. The van der Waals surface area contributed by atoms with Crippen LogP contribution in [-0.4, -0.2) is 37.7 Å². The lowest BCUT2D eigenvalue weighted by Crippen LogP contribution is -2.41. The molecule has 1 atom stereocenters. The summed E-state index contributed by atoms with van der Waals surface area (Å²) in [5, 5.41) is 2.70. The lowest BCUT2D eigenvalue weighted by molar-refractivity contribution is 0.198. The van der Waals surface area contributed by atoms with Crippen LogP contribution in [-0.2, 0) is 0 Å². The summed E-state index contributed by atoms with van der Waals surface area (Å²) in [6.07, 6.45) is 1.01. The van der Waals surface area contributed by atoms with Crippen LogP contribution >= 0.6 is 0 Å². The van der Waals surface area contributed by atoms with Gasteiger partial charge in [-0.1, -0.05) is 20.3 Å². The molecule has 0 fully saturated rings. The smallest absolute Gasteiger partial charge is 0.317 e. The first kappa shape index (κ1) is 17.2. The van der Waals surface area contributed by atoms with Crippen LogP contribution in [0.4, 0.5) is 13.6 Å². The first-order valence-electron chi connectivity index (χ1n) is 7.00. The number of urea groups is 1. The number of carbonyl (C=O) groups excluding carboxylic acids is 1. The molecule has 1 aromatic rings. The molecule has 1 unspecified atom stereocenters. The molecule has 118 valence electrons. The molecule has 0 saturated carbocycles. The van der Waals surface area contributed by atoms with Gasteiger partial charge >= 0.3 is 6.03 Å². The second kappa shape index (κ2) is 8.44. The Hall–Kier alpha value is -1.85. The average molecular weight is 300 g/mol. The van der Waals surface area contributed by atoms with Gasteiger partial charge in [0.15, 0.2) is 11.6 Å². The fourth-order valence-corrected chi connectivity index (χ4v) is 1.71. The van der Waals surface area contributed by atoms with Crippen molar-refractivity contribution in [3.63, 3.8) is 0 Å². The van der Waals surface area contributed by atoms with Crippen molar-refractivity contribution in [2.75, 3.05) is 26.7 Å². The van der Waals surface area contributed by atoms with Gasteiger partial charge in [0, 0.05) is 19.7 Å². The molecule has 0 aliphatic heterocycles. The molecular formula is C15H22F2N2O2. The molecule has 0 heterocycles. The minimum atomic E-state index is -0.954. The van der Waals surface area contributed by atoms with Crippen LogP contribution in [0, 0.1) is 17.6 Å². The number of benzene rings is 1. The SMILES string of the molecule is CCC(C)CN(C)C(=O)NCCOc1ccc(F)c(F)c1. The third kappa shape index (κ3) is 5.97. The molecule has 1 N–H and O–H groups in total. The van der Waals surface area contributed by atoms with Crippen molar-refractivity contribution in [1.82, 2.24) is 10.2 Å². The molecule has 2 amide bonds. The largest absolute Gasteiger partial charge is 0.492 e. The summed E-state index contributed by atoms with van der Waals surface area (Å²) >= 11 is 0. The summed E-state index contributed by atoms with van der Waals surface area (Å²) in [5.41, 5.74) is 0. The Morgan fingerprint density at radius 3 is 2.71 bits per heavy atom. The Morgan fingerprint density at radius 1 is 1.38 bits per heavy atom. The second-order valence-corrected chi connectivity index (χ2v) is 5.05. The summed E-state index contributed by atoms with van der Waals surface area (Å²) in [6, 6.07) is 3.15. The number of ether oxygens (including phenoxy) is 1. The van der Waals surface area contributed by atoms with Crippen LogP contribution in [0.15, 0.2) is 18.2 Å². The van der Waals surface area contributed by atoms with Gasteiger partial charge in [0.2, 0.25) is 0 Å². The van der Waals surface area contributed by atoms with Crippen molar-refractivity contribution >= 4 is 6.03 Å². The van der Waals surface area contributed by atoms with Gasteiger partial charge in [-0.15, -0.1) is 0 Å². The van der Waals surface area contributed by atoms with Crippen LogP contribution in [0.2, 0.25) is 0 Å². The Bertz CT molecular complexity index is 469. The van der Waals surface area contributed by atoms with Crippen LogP contribution in [0.1, 0.15) is 20.3 Å². The summed E-state index contributed by atoms with van der Waals surface area (Å²) in [6.45, 7) is 5.32. The number of hydrogen-bond donors (Lipinski definition) is 1. The van der Waals surface area contributed by atoms with E-state index in [1.807, 2.05) is 0 Å². The number of carbonyl (C=O) groups is 1. The van der Waals surface area contributed by atoms with Crippen molar-refractivity contribution in [1.29, 1.82) is 0 Å². The highest BCUT2D eigenvalue weighted by molar-refractivity contribution is 5.73. The first-order chi connectivity index (χ1) is 9.93. The van der Waals surface area contributed by atoms with Crippen molar-refractivity contribution in [3.8, 4) is 5.75 Å². The Balaban J connectivity index is 2.27. The number of nitrogens with zero attached hydrogens (tertiary/aromatic N) is 1. The Kier molecular flexibility index (Phi) is 6.91. The quantitative estimate of drug-likeness (QED) is 0.786. The monoisotopic (exact) mass is 300 g/mol. The molecule has 0 aliphatic carbocycles. The van der Waals surface area contributed by atoms with Gasteiger partial charge in [-0.3, -0.25) is 0 Å². The molecule has 1 rings (SSSR count). The van der Waals surface area contributed by atoms with Crippen molar-refractivity contribution in [3.05, 3.63) is 29.8 Å². The van der Waals surface area contributed by atoms with E-state index in [9.17, 15) is 13.6 Å². The van der Waals surface area contributed by atoms with E-state index < -0.39 is 11.6 Å². The highest BCUT2D eigenvalue weighted by atomic mass is 19.2. The van der Waals surface area contributed by atoms with E-state index in [0.29, 0.717) is 19.0 Å². The number of rotatable bonds is 7. The molecule has 21 heavy (non-hydrogen) atoms. The minimum absolute atomic E-state index is 0.177. The third-order valence-corrected chi connectivity index (χ3v) is 3.17. The molecule has 0 saturated heterocycles. The summed E-state index contributed by atoms with van der Waals surface area (Å²) < 4.78 is 30.9. The normalized spacial score (nSPS) is 11.9. The number of hydrogen-bond acceptors (Lipinski definition) is 2. The predicted octanol–water partition coefficient (Wildman–Crippen LogP) is 3.03. The highest BCUT2D eigenvalue weighted by Crippen LogP contribution is 2.14. The van der Waals surface area contributed by atoms with Gasteiger partial charge in [-0.2, -0.15) is 0 Å². The highest BCUT2D eigenvalue weighted by Gasteiger charge is 2.10. The number of nitrogens with one attached hydrogen (secondary N) is 1. The minimum Gasteiger partial charge on any atom is -0.492 e. The van der Waals surface area contributed by atoms with Gasteiger partial charge in [0.1, 0.15) is 12.4 Å². The second-order valence-electron chi connectivity index (χ2n) is 5.05. The lowest BCUT2D eigenvalue weighted by atomic mass is 10.1. The van der Waals surface area contributed by atoms with Crippen molar-refractivity contribution < 1.29 is 18.3 Å². The zero-order valence-electron chi connectivity index (χ0n) is 12.7. The van der Waals surface area contributed by atoms with Gasteiger partial charge in [-0.05, 0) is 18.1 Å². The molecule has 0 aromatic heterocycles. The fraction of sp³-hybridized carbons (Fsp3) is 0.533. The number of halogens is 2. The van der Waals surface area contributed by atoms with Crippen molar-refractivity contribution in [2.45, 2.75) is 20.3 Å². The van der Waals surface area contributed by atoms with E-state index in [4.69, 9.17) is 4.74 Å². The predicted molar refractivity (Wildman–Crippen MR) is 77.3 cm³/mol. The Labute approximate surface area is 124 Å². The summed E-state index contributed by atoms with van der Waals surface area (Å²) in [7, 11) is 1.73. The summed E-state index contributed by atoms with van der Waals surface area (Å²) in [4.78, 5) is 13.4. The standard InChI is InChI=1S/C15H22F2N2O2/c1-4-11(2)10-19(3)15(20)18-7-8-21-12-5-6-13(16)14(17)9-12/h5-6,9,11H,4,7-8,10H2,1-3H3,(H,18,20). The van der Waals surface area contributed by atoms with Gasteiger partial charge in [0.25, 0.3) is 0 Å². The Morgan fingerprint density at radius 2 is 2.10 bits per heavy atom. The maximum absolute atomic E-state index is 12.9. The van der Waals surface area contributed by atoms with Gasteiger partial charge < -0.3 is 15.0 Å². The average Bonchev–Trinajstić information content (AvgIpc) is 2.46. The van der Waals surface area contributed by atoms with Gasteiger partial charge in [-0.25, -0.2) is 13.6 Å². The fourth-order valence-electron chi connectivity index (χ4n) is 1.71. The first-order valence-corrected chi connectivity index (χ1v) is 7.00. The maximum Gasteiger partial charge on any atom is 0.317 e. The zero-order valence-corrected chi connectivity index (χ0v) is 12.7. The topological polar surface area (TPSA) is 41.6 Å². The molecule has 0 radical (unpaired) electrons.